The van der Waals surface area contributed by atoms with Crippen LogP contribution in [-0.4, -0.2) is 18.9 Å². The first-order valence-electron chi connectivity index (χ1n) is 2.82. The number of Topliss-reactive ketones (excluding diaryl/α,β-unsaturated/α-hetero) is 1. The van der Waals surface area contributed by atoms with Gasteiger partial charge in [-0.2, -0.15) is 0 Å². The first-order valence-corrected chi connectivity index (χ1v) is 2.82. The quantitative estimate of drug-likeness (QED) is 0.400. The average molecular weight is 115 g/mol. The van der Waals surface area contributed by atoms with Crippen LogP contribution in [0.25, 0.3) is 0 Å². The maximum atomic E-state index is 10.5. The molecule has 1 saturated heterocycles. The number of hydrogen-bond donors (Lipinski definition) is 1. The second-order valence-electron chi connectivity index (χ2n) is 2.08. The number of quaternary nitrogens is 1. The molecule has 0 bridgehead atoms. The van der Waals surface area contributed by atoms with Crippen LogP contribution in [0.4, 0.5) is 0 Å². The van der Waals surface area contributed by atoms with Gasteiger partial charge in [0.1, 0.15) is 5.78 Å². The van der Waals surface area contributed by atoms with Crippen molar-refractivity contribution < 1.29 is 9.86 Å². The fourth-order valence-corrected chi connectivity index (χ4v) is 0.808. The van der Waals surface area contributed by atoms with E-state index in [1.165, 1.54) is 0 Å². The summed E-state index contributed by atoms with van der Waals surface area (Å²) in [5, 5.41) is 10.7. The van der Waals surface area contributed by atoms with Crippen molar-refractivity contribution in [2.45, 2.75) is 12.8 Å². The number of carbonyl (C=O) groups is 1. The first kappa shape index (κ1) is 5.72. The van der Waals surface area contributed by atoms with Crippen LogP contribution in [0.2, 0.25) is 0 Å². The van der Waals surface area contributed by atoms with Crippen molar-refractivity contribution in [2.75, 3.05) is 13.1 Å². The minimum Gasteiger partial charge on any atom is -0.634 e. The van der Waals surface area contributed by atoms with E-state index < -0.39 is 0 Å². The van der Waals surface area contributed by atoms with Crippen LogP contribution in [0.3, 0.4) is 0 Å². The number of hydroxylamine groups is 2. The molecule has 1 aliphatic rings. The lowest BCUT2D eigenvalue weighted by Gasteiger charge is -2.24. The molecule has 46 valence electrons. The molecule has 1 N–H and O–H groups in total. The van der Waals surface area contributed by atoms with Crippen LogP contribution in [-0.2, 0) is 4.79 Å². The number of rotatable bonds is 0. The minimum absolute atomic E-state index is 0.240. The largest absolute Gasteiger partial charge is 0.634 e. The third-order valence-corrected chi connectivity index (χ3v) is 1.37. The highest BCUT2D eigenvalue weighted by Crippen LogP contribution is 1.88. The molecule has 0 aromatic rings. The molecule has 8 heavy (non-hydrogen) atoms. The van der Waals surface area contributed by atoms with Crippen LogP contribution in [0.5, 0.6) is 0 Å². The summed E-state index contributed by atoms with van der Waals surface area (Å²) in [6.45, 7) is 0.970. The predicted molar refractivity (Wildman–Crippen MR) is 28.3 cm³/mol. The van der Waals surface area contributed by atoms with E-state index in [1.54, 1.807) is 0 Å². The fourth-order valence-electron chi connectivity index (χ4n) is 0.808. The number of piperidine rings is 1. The number of carbonyl (C=O) groups excluding carboxylic acids is 1. The molecule has 0 amide bonds. The van der Waals surface area contributed by atoms with Crippen molar-refractivity contribution >= 4 is 5.78 Å². The van der Waals surface area contributed by atoms with E-state index in [4.69, 9.17) is 0 Å². The lowest BCUT2D eigenvalue weighted by Crippen LogP contribution is -3.08. The molecule has 3 heteroatoms. The van der Waals surface area contributed by atoms with Gasteiger partial charge < -0.3 is 10.3 Å². The van der Waals surface area contributed by atoms with E-state index in [1.807, 2.05) is 0 Å². The molecular weight excluding hydrogens is 106 g/mol. The van der Waals surface area contributed by atoms with E-state index in [-0.39, 0.29) is 10.8 Å². The van der Waals surface area contributed by atoms with Gasteiger partial charge in [-0.15, -0.1) is 0 Å². The fraction of sp³-hybridized carbons (Fsp3) is 0.800. The van der Waals surface area contributed by atoms with Gasteiger partial charge in [-0.1, -0.05) is 0 Å². The molecule has 0 aromatic heterocycles. The SMILES string of the molecule is O=C1CC[NH+]([O-])CC1. The topological polar surface area (TPSA) is 44.6 Å². The van der Waals surface area contributed by atoms with Crippen LogP contribution in [0.1, 0.15) is 12.8 Å². The third kappa shape index (κ3) is 1.28. The third-order valence-electron chi connectivity index (χ3n) is 1.37. The number of hydrogen-bond acceptors (Lipinski definition) is 2. The highest BCUT2D eigenvalue weighted by atomic mass is 16.5. The molecule has 3 nitrogen and oxygen atoms in total. The smallest absolute Gasteiger partial charge is 0.144 e. The first-order chi connectivity index (χ1) is 3.79. The van der Waals surface area contributed by atoms with E-state index in [2.05, 4.69) is 0 Å². The molecule has 1 fully saturated rings. The molecule has 1 rings (SSSR count). The lowest BCUT2D eigenvalue weighted by atomic mass is 10.1. The Morgan fingerprint density at radius 3 is 2.25 bits per heavy atom. The molecule has 0 atom stereocenters. The summed E-state index contributed by atoms with van der Waals surface area (Å²) in [6, 6.07) is 0. The van der Waals surface area contributed by atoms with Gasteiger partial charge >= 0.3 is 0 Å². The molecular formula is C5H9NO2. The molecule has 0 saturated carbocycles. The summed E-state index contributed by atoms with van der Waals surface area (Å²) in [5.41, 5.74) is 0. The molecule has 0 aromatic carbocycles. The summed E-state index contributed by atoms with van der Waals surface area (Å²) < 4.78 is 0. The zero-order valence-electron chi connectivity index (χ0n) is 4.64. The van der Waals surface area contributed by atoms with Crippen molar-refractivity contribution in [2.24, 2.45) is 0 Å². The Bertz CT molecular complexity index is 92.6. The highest BCUT2D eigenvalue weighted by Gasteiger charge is 2.12. The Kier molecular flexibility index (Phi) is 1.60. The summed E-state index contributed by atoms with van der Waals surface area (Å²) >= 11 is 0. The van der Waals surface area contributed by atoms with Crippen LogP contribution in [0.15, 0.2) is 0 Å². The number of nitrogens with one attached hydrogen (secondary N) is 1. The van der Waals surface area contributed by atoms with Gasteiger partial charge in [-0.25, -0.2) is 0 Å². The Labute approximate surface area is 47.9 Å². The van der Waals surface area contributed by atoms with Gasteiger partial charge in [-0.05, 0) is 0 Å². The normalized spacial score (nSPS) is 23.9. The predicted octanol–water partition coefficient (Wildman–Crippen LogP) is -1.27. The Hall–Kier alpha value is -0.410. The number of ketones is 1. The van der Waals surface area contributed by atoms with Crippen molar-refractivity contribution in [3.63, 3.8) is 0 Å². The Balaban J connectivity index is 2.29. The van der Waals surface area contributed by atoms with Crippen LogP contribution >= 0.6 is 0 Å². The molecule has 0 spiro atoms. The standard InChI is InChI=1S/C5H9NO2/c7-5-1-3-6(8)4-2-5/h6H,1-4H2. The van der Waals surface area contributed by atoms with E-state index in [0.29, 0.717) is 25.9 Å². The van der Waals surface area contributed by atoms with E-state index >= 15 is 0 Å². The molecule has 0 radical (unpaired) electrons. The van der Waals surface area contributed by atoms with Crippen molar-refractivity contribution in [1.82, 2.24) is 0 Å². The highest BCUT2D eigenvalue weighted by molar-refractivity contribution is 5.78. The van der Waals surface area contributed by atoms with Gasteiger partial charge in [0.25, 0.3) is 0 Å². The molecule has 0 aliphatic carbocycles. The van der Waals surface area contributed by atoms with Crippen molar-refractivity contribution in [3.8, 4) is 0 Å². The van der Waals surface area contributed by atoms with Gasteiger partial charge in [-0.3, -0.25) is 4.79 Å². The second-order valence-corrected chi connectivity index (χ2v) is 2.08. The Morgan fingerprint density at radius 1 is 1.38 bits per heavy atom. The molecule has 1 aliphatic heterocycles. The lowest BCUT2D eigenvalue weighted by molar-refractivity contribution is -0.849. The van der Waals surface area contributed by atoms with Crippen LogP contribution < -0.4 is 5.06 Å². The minimum atomic E-state index is 0.240. The molecule has 1 heterocycles. The molecule has 0 unspecified atom stereocenters. The van der Waals surface area contributed by atoms with Gasteiger partial charge in [0, 0.05) is 0 Å². The van der Waals surface area contributed by atoms with Crippen LogP contribution in [0, 0.1) is 5.21 Å². The summed E-state index contributed by atoms with van der Waals surface area (Å²) in [6.07, 6.45) is 0.970. The van der Waals surface area contributed by atoms with Crippen molar-refractivity contribution in [1.29, 1.82) is 0 Å². The zero-order valence-corrected chi connectivity index (χ0v) is 4.64. The zero-order chi connectivity index (χ0) is 5.98. The summed E-state index contributed by atoms with van der Waals surface area (Å²) in [4.78, 5) is 10.5. The van der Waals surface area contributed by atoms with Gasteiger partial charge in [0.2, 0.25) is 0 Å². The average Bonchev–Trinajstić information content (AvgIpc) is 1.77. The maximum absolute atomic E-state index is 10.5. The second kappa shape index (κ2) is 2.24. The van der Waals surface area contributed by atoms with Gasteiger partial charge in [0.05, 0.1) is 25.9 Å². The summed E-state index contributed by atoms with van der Waals surface area (Å²) in [7, 11) is 0. The van der Waals surface area contributed by atoms with E-state index in [0.717, 1.165) is 0 Å². The monoisotopic (exact) mass is 115 g/mol. The summed E-state index contributed by atoms with van der Waals surface area (Å²) in [5.74, 6) is 0.240. The van der Waals surface area contributed by atoms with Crippen molar-refractivity contribution in [3.05, 3.63) is 5.21 Å². The Morgan fingerprint density at radius 2 is 1.88 bits per heavy atom. The van der Waals surface area contributed by atoms with E-state index in [9.17, 15) is 10.0 Å². The van der Waals surface area contributed by atoms with Gasteiger partial charge in [0.15, 0.2) is 0 Å². The maximum Gasteiger partial charge on any atom is 0.144 e.